The molecule has 0 aromatic rings. The van der Waals surface area contributed by atoms with E-state index in [1.165, 1.54) is 18.5 Å². The molecule has 14 heavy (non-hydrogen) atoms. The highest BCUT2D eigenvalue weighted by molar-refractivity contribution is 5.04. The van der Waals surface area contributed by atoms with Gasteiger partial charge in [0.2, 0.25) is 0 Å². The van der Waals surface area contributed by atoms with Crippen LogP contribution >= 0.6 is 0 Å². The molecule has 1 nitrogen and oxygen atoms in total. The summed E-state index contributed by atoms with van der Waals surface area (Å²) in [5.74, 6) is 0. The minimum atomic E-state index is 0.222. The second kappa shape index (κ2) is 4.86. The molecule has 0 aliphatic heterocycles. The maximum Gasteiger partial charge on any atom is 0.0192 e. The minimum Gasteiger partial charge on any atom is -0.388 e. The van der Waals surface area contributed by atoms with Crippen LogP contribution in [0.1, 0.15) is 54.4 Å². The molecule has 84 valence electrons. The monoisotopic (exact) mass is 197 g/mol. The molecule has 0 unspecified atom stereocenters. The van der Waals surface area contributed by atoms with Gasteiger partial charge >= 0.3 is 0 Å². The molecule has 0 atom stereocenters. The topological polar surface area (TPSA) is 12.0 Å². The Morgan fingerprint density at radius 2 is 1.64 bits per heavy atom. The highest BCUT2D eigenvalue weighted by atomic mass is 14.9. The second-order valence-corrected chi connectivity index (χ2v) is 6.03. The van der Waals surface area contributed by atoms with Crippen LogP contribution in [0.2, 0.25) is 0 Å². The average molecular weight is 197 g/mol. The zero-order chi connectivity index (χ0) is 11.4. The fourth-order valence-electron chi connectivity index (χ4n) is 1.39. The van der Waals surface area contributed by atoms with Crippen LogP contribution in [-0.2, 0) is 0 Å². The Bertz CT molecular complexity index is 184. The highest BCUT2D eigenvalue weighted by Gasteiger charge is 2.21. The van der Waals surface area contributed by atoms with Crippen molar-refractivity contribution < 1.29 is 0 Å². The van der Waals surface area contributed by atoms with Crippen LogP contribution in [0.25, 0.3) is 0 Å². The van der Waals surface area contributed by atoms with E-state index in [1.54, 1.807) is 0 Å². The summed E-state index contributed by atoms with van der Waals surface area (Å²) in [5.41, 5.74) is 1.72. The van der Waals surface area contributed by atoms with E-state index in [1.807, 2.05) is 0 Å². The predicted octanol–water partition coefficient (Wildman–Crippen LogP) is 3.96. The van der Waals surface area contributed by atoms with Crippen molar-refractivity contribution in [2.24, 2.45) is 10.8 Å². The maximum atomic E-state index is 4.14. The molecule has 0 amide bonds. The normalized spacial score (nSPS) is 12.7. The Labute approximate surface area is 90.0 Å². The van der Waals surface area contributed by atoms with E-state index in [-0.39, 0.29) is 5.41 Å². The standard InChI is InChI=1S/C13H27N/c1-8-9-13(6,7)11(2)14-10-12(3,4)5/h14H,2,8-10H2,1,3-7H3. The van der Waals surface area contributed by atoms with E-state index in [0.717, 1.165) is 6.54 Å². The summed E-state index contributed by atoms with van der Waals surface area (Å²) in [4.78, 5) is 0. The van der Waals surface area contributed by atoms with Crippen LogP contribution in [0.3, 0.4) is 0 Å². The van der Waals surface area contributed by atoms with Gasteiger partial charge in [0.1, 0.15) is 0 Å². The fourth-order valence-corrected chi connectivity index (χ4v) is 1.39. The molecule has 0 saturated carbocycles. The van der Waals surface area contributed by atoms with Gasteiger partial charge in [-0.2, -0.15) is 0 Å². The summed E-state index contributed by atoms with van der Waals surface area (Å²) in [5, 5.41) is 3.45. The third kappa shape index (κ3) is 5.31. The molecule has 0 spiro atoms. The maximum absolute atomic E-state index is 4.14. The molecular weight excluding hydrogens is 170 g/mol. The van der Waals surface area contributed by atoms with Crippen LogP contribution in [0.15, 0.2) is 12.3 Å². The lowest BCUT2D eigenvalue weighted by Crippen LogP contribution is -2.32. The van der Waals surface area contributed by atoms with E-state index >= 15 is 0 Å². The number of hydrogen-bond donors (Lipinski definition) is 1. The SMILES string of the molecule is C=C(NCC(C)(C)C)C(C)(C)CCC. The highest BCUT2D eigenvalue weighted by Crippen LogP contribution is 2.29. The van der Waals surface area contributed by atoms with Gasteiger partial charge in [-0.15, -0.1) is 0 Å². The van der Waals surface area contributed by atoms with Crippen LogP contribution in [0.4, 0.5) is 0 Å². The molecule has 0 fully saturated rings. The molecule has 0 aliphatic rings. The predicted molar refractivity (Wildman–Crippen MR) is 65.3 cm³/mol. The van der Waals surface area contributed by atoms with Crippen LogP contribution in [-0.4, -0.2) is 6.54 Å². The van der Waals surface area contributed by atoms with Crippen molar-refractivity contribution >= 4 is 0 Å². The lowest BCUT2D eigenvalue weighted by Gasteiger charge is -2.30. The van der Waals surface area contributed by atoms with Gasteiger partial charge in [-0.25, -0.2) is 0 Å². The van der Waals surface area contributed by atoms with E-state index in [0.29, 0.717) is 5.41 Å². The fraction of sp³-hybridized carbons (Fsp3) is 0.846. The van der Waals surface area contributed by atoms with E-state index < -0.39 is 0 Å². The zero-order valence-electron chi connectivity index (χ0n) is 10.8. The van der Waals surface area contributed by atoms with Crippen molar-refractivity contribution in [2.75, 3.05) is 6.54 Å². The molecule has 1 N–H and O–H groups in total. The lowest BCUT2D eigenvalue weighted by atomic mass is 9.84. The lowest BCUT2D eigenvalue weighted by molar-refractivity contribution is 0.337. The number of nitrogens with one attached hydrogen (secondary N) is 1. The van der Waals surface area contributed by atoms with Gasteiger partial charge in [0.05, 0.1) is 0 Å². The Balaban J connectivity index is 4.08. The van der Waals surface area contributed by atoms with Crippen molar-refractivity contribution in [3.8, 4) is 0 Å². The number of rotatable bonds is 5. The smallest absolute Gasteiger partial charge is 0.0192 e. The molecule has 0 aromatic carbocycles. The molecule has 0 rings (SSSR count). The molecule has 0 aliphatic carbocycles. The third-order valence-electron chi connectivity index (χ3n) is 2.52. The van der Waals surface area contributed by atoms with Crippen molar-refractivity contribution in [3.05, 3.63) is 12.3 Å². The molecule has 0 bridgehead atoms. The Morgan fingerprint density at radius 1 is 1.14 bits per heavy atom. The first-order valence-electron chi connectivity index (χ1n) is 5.62. The Morgan fingerprint density at radius 3 is 2.00 bits per heavy atom. The first-order chi connectivity index (χ1) is 6.19. The summed E-state index contributed by atoms with van der Waals surface area (Å²) in [6.07, 6.45) is 2.41. The Kier molecular flexibility index (Phi) is 4.70. The molecule has 0 heterocycles. The summed E-state index contributed by atoms with van der Waals surface area (Å²) in [7, 11) is 0. The van der Waals surface area contributed by atoms with Crippen molar-refractivity contribution in [1.82, 2.24) is 5.32 Å². The van der Waals surface area contributed by atoms with E-state index in [9.17, 15) is 0 Å². The average Bonchev–Trinajstić information content (AvgIpc) is 1.98. The van der Waals surface area contributed by atoms with Crippen molar-refractivity contribution in [1.29, 1.82) is 0 Å². The van der Waals surface area contributed by atoms with Crippen LogP contribution < -0.4 is 5.32 Å². The molecular formula is C13H27N. The first kappa shape index (κ1) is 13.5. The third-order valence-corrected chi connectivity index (χ3v) is 2.52. The molecule has 1 heteroatoms. The van der Waals surface area contributed by atoms with Crippen LogP contribution in [0, 0.1) is 10.8 Å². The van der Waals surface area contributed by atoms with Gasteiger partial charge < -0.3 is 5.32 Å². The Hall–Kier alpha value is -0.460. The summed E-state index contributed by atoms with van der Waals surface area (Å²) in [6.45, 7) is 18.6. The zero-order valence-corrected chi connectivity index (χ0v) is 10.8. The quantitative estimate of drug-likeness (QED) is 0.703. The number of hydrogen-bond acceptors (Lipinski definition) is 1. The van der Waals surface area contributed by atoms with Gasteiger partial charge in [0.25, 0.3) is 0 Å². The van der Waals surface area contributed by atoms with Crippen molar-refractivity contribution in [3.63, 3.8) is 0 Å². The largest absolute Gasteiger partial charge is 0.388 e. The first-order valence-corrected chi connectivity index (χ1v) is 5.62. The van der Waals surface area contributed by atoms with Gasteiger partial charge in [-0.05, 0) is 11.8 Å². The van der Waals surface area contributed by atoms with Crippen molar-refractivity contribution in [2.45, 2.75) is 54.4 Å². The number of allylic oxidation sites excluding steroid dienone is 1. The van der Waals surface area contributed by atoms with E-state index in [4.69, 9.17) is 0 Å². The van der Waals surface area contributed by atoms with Gasteiger partial charge in [0.15, 0.2) is 0 Å². The van der Waals surface area contributed by atoms with Crippen LogP contribution in [0.5, 0.6) is 0 Å². The molecule has 0 saturated heterocycles. The summed E-state index contributed by atoms with van der Waals surface area (Å²) < 4.78 is 0. The van der Waals surface area contributed by atoms with Gasteiger partial charge in [-0.3, -0.25) is 0 Å². The van der Waals surface area contributed by atoms with Gasteiger partial charge in [-0.1, -0.05) is 54.5 Å². The van der Waals surface area contributed by atoms with Gasteiger partial charge in [0, 0.05) is 17.7 Å². The summed E-state index contributed by atoms with van der Waals surface area (Å²) in [6, 6.07) is 0. The molecule has 0 radical (unpaired) electrons. The van der Waals surface area contributed by atoms with E-state index in [2.05, 4.69) is 53.4 Å². The molecule has 0 aromatic heterocycles. The second-order valence-electron chi connectivity index (χ2n) is 6.03. The minimum absolute atomic E-state index is 0.222. The summed E-state index contributed by atoms with van der Waals surface area (Å²) >= 11 is 0.